The van der Waals surface area contributed by atoms with Gasteiger partial charge in [0, 0.05) is 12.1 Å². The number of hydrogen-bond acceptors (Lipinski definition) is 2. The Morgan fingerprint density at radius 1 is 1.56 bits per heavy atom. The molecule has 2 bridgehead atoms. The van der Waals surface area contributed by atoms with E-state index in [4.69, 9.17) is 11.6 Å². The second-order valence-electron chi connectivity index (χ2n) is 4.57. The van der Waals surface area contributed by atoms with Crippen LogP contribution in [0.3, 0.4) is 0 Å². The first-order chi connectivity index (χ1) is 7.59. The fourth-order valence-electron chi connectivity index (χ4n) is 2.91. The fraction of sp³-hybridized carbons (Fsp3) is 0.417. The van der Waals surface area contributed by atoms with Crippen LogP contribution in [0.4, 0.5) is 0 Å². The Morgan fingerprint density at radius 3 is 2.94 bits per heavy atom. The van der Waals surface area contributed by atoms with Crippen LogP contribution < -0.4 is 0 Å². The maximum absolute atomic E-state index is 11.2. The lowest BCUT2D eigenvalue weighted by atomic mass is 9.74. The van der Waals surface area contributed by atoms with E-state index in [1.807, 2.05) is 6.07 Å². The number of likely N-dealkylation sites (N-methyl/N-ethyl adjacent to an activating group) is 1. The Hall–Kier alpha value is -1.06. The van der Waals surface area contributed by atoms with Crippen LogP contribution >= 0.6 is 11.6 Å². The highest BCUT2D eigenvalue weighted by Crippen LogP contribution is 2.47. The minimum Gasteiger partial charge on any atom is -0.478 e. The average Bonchev–Trinajstić information content (AvgIpc) is 2.26. The summed E-state index contributed by atoms with van der Waals surface area (Å²) < 4.78 is 0. The van der Waals surface area contributed by atoms with E-state index in [0.29, 0.717) is 22.7 Å². The summed E-state index contributed by atoms with van der Waals surface area (Å²) in [6.07, 6.45) is 1.95. The number of aromatic carboxylic acids is 1. The van der Waals surface area contributed by atoms with Crippen molar-refractivity contribution in [2.24, 2.45) is 0 Å². The molecular weight excluding hydrogens is 226 g/mol. The van der Waals surface area contributed by atoms with Crippen molar-refractivity contribution in [3.05, 3.63) is 33.8 Å². The van der Waals surface area contributed by atoms with E-state index in [9.17, 15) is 9.90 Å². The molecule has 3 nitrogen and oxygen atoms in total. The molecule has 1 saturated heterocycles. The quantitative estimate of drug-likeness (QED) is 0.815. The van der Waals surface area contributed by atoms with Crippen molar-refractivity contribution in [1.29, 1.82) is 0 Å². The number of benzene rings is 1. The largest absolute Gasteiger partial charge is 0.478 e. The topological polar surface area (TPSA) is 40.5 Å². The van der Waals surface area contributed by atoms with Crippen molar-refractivity contribution < 1.29 is 9.90 Å². The highest BCUT2D eigenvalue weighted by atomic mass is 35.5. The van der Waals surface area contributed by atoms with Crippen LogP contribution in [-0.2, 0) is 6.42 Å². The van der Waals surface area contributed by atoms with Gasteiger partial charge in [0.05, 0.1) is 10.6 Å². The molecule has 1 N–H and O–H groups in total. The van der Waals surface area contributed by atoms with Gasteiger partial charge in [-0.05, 0) is 37.1 Å². The highest BCUT2D eigenvalue weighted by Gasteiger charge is 2.43. The normalized spacial score (nSPS) is 27.1. The van der Waals surface area contributed by atoms with E-state index < -0.39 is 5.97 Å². The van der Waals surface area contributed by atoms with Gasteiger partial charge in [-0.15, -0.1) is 0 Å². The van der Waals surface area contributed by atoms with Gasteiger partial charge in [0.15, 0.2) is 0 Å². The zero-order valence-corrected chi connectivity index (χ0v) is 9.66. The standard InChI is InChI=1S/C12H12ClNO2/c1-14-6-4-8-7(10(14)5-6)2-3-9(13)11(8)12(15)16/h2-3,6,10H,4-5H2,1H3,(H,15,16)/t6-,10-/m1/s1. The minimum atomic E-state index is -0.911. The monoisotopic (exact) mass is 237 g/mol. The molecule has 2 aliphatic heterocycles. The maximum Gasteiger partial charge on any atom is 0.337 e. The van der Waals surface area contributed by atoms with E-state index in [0.717, 1.165) is 24.0 Å². The molecule has 3 aliphatic rings. The highest BCUT2D eigenvalue weighted by molar-refractivity contribution is 6.33. The second kappa shape index (κ2) is 3.22. The van der Waals surface area contributed by atoms with Crippen LogP contribution in [-0.4, -0.2) is 29.1 Å². The smallest absolute Gasteiger partial charge is 0.337 e. The molecule has 4 heteroatoms. The van der Waals surface area contributed by atoms with Crippen LogP contribution in [0.25, 0.3) is 0 Å². The SMILES string of the molecule is CN1[C@@H]2Cc3c(ccc(Cl)c3C(=O)O)[C@H]1C2. The molecule has 1 aromatic carbocycles. The second-order valence-corrected chi connectivity index (χ2v) is 4.98. The van der Waals surface area contributed by atoms with Gasteiger partial charge in [0.2, 0.25) is 0 Å². The first-order valence-electron chi connectivity index (χ1n) is 5.36. The van der Waals surface area contributed by atoms with Crippen molar-refractivity contribution in [2.45, 2.75) is 24.9 Å². The molecule has 1 aromatic rings. The van der Waals surface area contributed by atoms with E-state index >= 15 is 0 Å². The molecule has 4 rings (SSSR count). The molecule has 1 fully saturated rings. The van der Waals surface area contributed by atoms with E-state index in [1.54, 1.807) is 6.07 Å². The van der Waals surface area contributed by atoms with Gasteiger partial charge in [0.25, 0.3) is 0 Å². The molecule has 1 aliphatic carbocycles. The molecule has 2 atom stereocenters. The van der Waals surface area contributed by atoms with Crippen molar-refractivity contribution in [3.8, 4) is 0 Å². The van der Waals surface area contributed by atoms with Gasteiger partial charge in [-0.2, -0.15) is 0 Å². The van der Waals surface area contributed by atoms with Gasteiger partial charge in [-0.25, -0.2) is 4.79 Å². The Morgan fingerprint density at radius 2 is 2.31 bits per heavy atom. The average molecular weight is 238 g/mol. The summed E-state index contributed by atoms with van der Waals surface area (Å²) in [5.74, 6) is -0.911. The van der Waals surface area contributed by atoms with E-state index in [1.165, 1.54) is 0 Å². The van der Waals surface area contributed by atoms with Crippen molar-refractivity contribution in [1.82, 2.24) is 4.90 Å². The van der Waals surface area contributed by atoms with Crippen LogP contribution in [0.2, 0.25) is 5.02 Å². The minimum absolute atomic E-state index is 0.307. The van der Waals surface area contributed by atoms with Gasteiger partial charge >= 0.3 is 5.97 Å². The molecule has 0 amide bonds. The van der Waals surface area contributed by atoms with Crippen molar-refractivity contribution in [2.75, 3.05) is 7.05 Å². The number of carboxylic acid groups (broad SMARTS) is 1. The number of carboxylic acids is 1. The van der Waals surface area contributed by atoms with Crippen molar-refractivity contribution >= 4 is 17.6 Å². The van der Waals surface area contributed by atoms with Crippen LogP contribution in [0.1, 0.15) is 33.9 Å². The molecule has 0 unspecified atom stereocenters. The third-order valence-corrected chi connectivity index (χ3v) is 4.19. The lowest BCUT2D eigenvalue weighted by Gasteiger charge is -2.52. The molecule has 16 heavy (non-hydrogen) atoms. The van der Waals surface area contributed by atoms with Crippen LogP contribution in [0.5, 0.6) is 0 Å². The third kappa shape index (κ3) is 1.16. The molecule has 84 valence electrons. The maximum atomic E-state index is 11.2. The number of nitrogens with zero attached hydrogens (tertiary/aromatic N) is 1. The molecule has 0 spiro atoms. The van der Waals surface area contributed by atoms with E-state index in [2.05, 4.69) is 11.9 Å². The Kier molecular flexibility index (Phi) is 2.03. The predicted octanol–water partition coefficient (Wildman–Crippen LogP) is 2.34. The van der Waals surface area contributed by atoms with Gasteiger partial charge in [-0.3, -0.25) is 4.90 Å². The Labute approximate surface area is 98.6 Å². The fourth-order valence-corrected chi connectivity index (χ4v) is 3.17. The zero-order valence-electron chi connectivity index (χ0n) is 8.90. The summed E-state index contributed by atoms with van der Waals surface area (Å²) >= 11 is 5.96. The molecule has 0 aromatic heterocycles. The summed E-state index contributed by atoms with van der Waals surface area (Å²) in [4.78, 5) is 13.5. The zero-order chi connectivity index (χ0) is 11.4. The Bertz CT molecular complexity index is 486. The summed E-state index contributed by atoms with van der Waals surface area (Å²) in [7, 11) is 2.09. The first kappa shape index (κ1) is 10.1. The summed E-state index contributed by atoms with van der Waals surface area (Å²) in [6.45, 7) is 0. The van der Waals surface area contributed by atoms with Gasteiger partial charge < -0.3 is 5.11 Å². The first-order valence-corrected chi connectivity index (χ1v) is 5.74. The molecule has 2 heterocycles. The molecular formula is C12H12ClNO2. The predicted molar refractivity (Wildman–Crippen MR) is 61.0 cm³/mol. The summed E-state index contributed by atoms with van der Waals surface area (Å²) in [5.41, 5.74) is 2.40. The lowest BCUT2D eigenvalue weighted by molar-refractivity contribution is 0.0277. The summed E-state index contributed by atoms with van der Waals surface area (Å²) in [5, 5.41) is 9.55. The van der Waals surface area contributed by atoms with Gasteiger partial charge in [-0.1, -0.05) is 17.7 Å². The third-order valence-electron chi connectivity index (χ3n) is 3.87. The van der Waals surface area contributed by atoms with E-state index in [-0.39, 0.29) is 0 Å². The molecule has 0 saturated carbocycles. The summed E-state index contributed by atoms with van der Waals surface area (Å²) in [6, 6.07) is 4.56. The lowest BCUT2D eigenvalue weighted by Crippen LogP contribution is -2.52. The molecule has 0 radical (unpaired) electrons. The van der Waals surface area contributed by atoms with Crippen molar-refractivity contribution in [3.63, 3.8) is 0 Å². The number of carbonyl (C=O) groups is 1. The number of hydrogen-bond donors (Lipinski definition) is 1. The van der Waals surface area contributed by atoms with Crippen LogP contribution in [0.15, 0.2) is 12.1 Å². The van der Waals surface area contributed by atoms with Crippen LogP contribution in [0, 0.1) is 0 Å². The van der Waals surface area contributed by atoms with Gasteiger partial charge in [0.1, 0.15) is 0 Å². The number of halogens is 1. The Balaban J connectivity index is 2.19. The number of rotatable bonds is 1.